The average Bonchev–Trinajstić information content (AvgIpc) is 2.99. The number of halogens is 1. The van der Waals surface area contributed by atoms with Gasteiger partial charge < -0.3 is 14.4 Å². The highest BCUT2D eigenvalue weighted by atomic mass is 35.5. The van der Waals surface area contributed by atoms with Gasteiger partial charge in [0.05, 0.1) is 42.2 Å². The van der Waals surface area contributed by atoms with Crippen LogP contribution < -0.4 is 16.0 Å². The molecule has 2 unspecified atom stereocenters. The van der Waals surface area contributed by atoms with Gasteiger partial charge in [-0.2, -0.15) is 5.10 Å². The Bertz CT molecular complexity index is 1430. The number of fused-ring (bicyclic) bond motifs is 1. The Balaban J connectivity index is 0.00000462. The van der Waals surface area contributed by atoms with E-state index in [2.05, 4.69) is 19.3 Å². The van der Waals surface area contributed by atoms with E-state index in [1.165, 1.54) is 4.90 Å². The van der Waals surface area contributed by atoms with Gasteiger partial charge in [-0.1, -0.05) is 87.4 Å². The second-order valence-corrected chi connectivity index (χ2v) is 10.5. The first-order valence-electron chi connectivity index (χ1n) is 14.5. The quantitative estimate of drug-likeness (QED) is 0.0893. The molecule has 1 aromatic heterocycles. The maximum Gasteiger partial charge on any atom is 0.343 e. The predicted molar refractivity (Wildman–Crippen MR) is 172 cm³/mol. The molecule has 0 spiro atoms. The number of anilines is 1. The zero-order valence-corrected chi connectivity index (χ0v) is 25.1. The lowest BCUT2D eigenvalue weighted by Gasteiger charge is -2.31. The van der Waals surface area contributed by atoms with Gasteiger partial charge in [-0.3, -0.25) is 5.43 Å². The third-order valence-electron chi connectivity index (χ3n) is 7.64. The Hall–Kier alpha value is -3.61. The fraction of sp³-hybridized carbons (Fsp3) is 0.353. The smallest absolute Gasteiger partial charge is 0.343 e. The van der Waals surface area contributed by atoms with E-state index in [-0.39, 0.29) is 29.6 Å². The van der Waals surface area contributed by atoms with Gasteiger partial charge in [0.15, 0.2) is 0 Å². The molecule has 0 saturated carbocycles. The predicted octanol–water partition coefficient (Wildman–Crippen LogP) is 6.64. The molecule has 0 radical (unpaired) electrons. The van der Waals surface area contributed by atoms with Gasteiger partial charge in [-0.15, -0.1) is 12.4 Å². The zero-order valence-electron chi connectivity index (χ0n) is 24.3. The van der Waals surface area contributed by atoms with Crippen molar-refractivity contribution in [1.29, 1.82) is 0 Å². The number of hydrogen-bond donors (Lipinski definition) is 3. The fourth-order valence-electron chi connectivity index (χ4n) is 5.43. The molecule has 2 atom stereocenters. The van der Waals surface area contributed by atoms with E-state index in [0.717, 1.165) is 62.3 Å². The van der Waals surface area contributed by atoms with Crippen LogP contribution in [0.25, 0.3) is 11.0 Å². The SMILES string of the molecule is CCCC[NH+](CCCC)CC(/C(C)=N/Nc1ccccc1)C(c1ccccc1)c1c(O)c2ccccc2oc1=O.Cl. The number of rotatable bonds is 14. The van der Waals surface area contributed by atoms with Gasteiger partial charge >= 0.3 is 5.63 Å². The zero-order chi connectivity index (χ0) is 28.3. The molecule has 6 nitrogen and oxygen atoms in total. The van der Waals surface area contributed by atoms with Crippen LogP contribution in [0.3, 0.4) is 0 Å². The van der Waals surface area contributed by atoms with Crippen molar-refractivity contribution in [3.8, 4) is 5.75 Å². The van der Waals surface area contributed by atoms with Crippen LogP contribution in [0.4, 0.5) is 5.69 Å². The first-order chi connectivity index (χ1) is 19.5. The molecule has 3 N–H and O–H groups in total. The lowest BCUT2D eigenvalue weighted by Crippen LogP contribution is -3.13. The summed E-state index contributed by atoms with van der Waals surface area (Å²) in [5, 5.41) is 17.0. The van der Waals surface area contributed by atoms with Crippen molar-refractivity contribution in [2.24, 2.45) is 11.0 Å². The molecule has 4 rings (SSSR count). The molecule has 0 aliphatic carbocycles. The monoisotopic (exact) mass is 576 g/mol. The standard InChI is InChI=1S/C34H41N3O3.ClH/c1-4-6-22-37(23-7-5-2)24-29(25(3)35-36-27-18-12-9-13-19-27)31(26-16-10-8-11-17-26)32-33(38)28-20-14-15-21-30(28)40-34(32)39;/h8-21,29,31,36,38H,4-7,22-24H2,1-3H3;1H/p+1/b35-25+;. The molecule has 41 heavy (non-hydrogen) atoms. The minimum Gasteiger partial charge on any atom is -0.507 e. The number of nitrogens with one attached hydrogen (secondary N) is 2. The maximum atomic E-state index is 13.6. The van der Waals surface area contributed by atoms with E-state index < -0.39 is 11.5 Å². The van der Waals surface area contributed by atoms with E-state index >= 15 is 0 Å². The topological polar surface area (TPSA) is 79.3 Å². The molecule has 0 bridgehead atoms. The van der Waals surface area contributed by atoms with Gasteiger partial charge in [0.25, 0.3) is 0 Å². The van der Waals surface area contributed by atoms with E-state index in [0.29, 0.717) is 11.0 Å². The summed E-state index contributed by atoms with van der Waals surface area (Å²) in [4.78, 5) is 15.1. The molecule has 0 fully saturated rings. The van der Waals surface area contributed by atoms with Crippen LogP contribution >= 0.6 is 12.4 Å². The van der Waals surface area contributed by atoms with Gasteiger partial charge in [0.2, 0.25) is 0 Å². The average molecular weight is 577 g/mol. The maximum absolute atomic E-state index is 13.6. The number of nitrogens with zero attached hydrogens (tertiary/aromatic N) is 1. The summed E-state index contributed by atoms with van der Waals surface area (Å²) in [5.74, 6) is -0.628. The van der Waals surface area contributed by atoms with Crippen molar-refractivity contribution in [2.45, 2.75) is 52.4 Å². The Kier molecular flexibility index (Phi) is 12.4. The molecule has 0 amide bonds. The second-order valence-electron chi connectivity index (χ2n) is 10.5. The highest BCUT2D eigenvalue weighted by molar-refractivity contribution is 5.88. The summed E-state index contributed by atoms with van der Waals surface area (Å²) >= 11 is 0. The number of quaternary nitrogens is 1. The molecule has 3 aromatic carbocycles. The van der Waals surface area contributed by atoms with Gasteiger partial charge in [-0.05, 0) is 49.6 Å². The Morgan fingerprint density at radius 3 is 2.12 bits per heavy atom. The first-order valence-corrected chi connectivity index (χ1v) is 14.5. The van der Waals surface area contributed by atoms with Crippen molar-refractivity contribution in [3.05, 3.63) is 106 Å². The van der Waals surface area contributed by atoms with Gasteiger partial charge in [-0.25, -0.2) is 4.79 Å². The third kappa shape index (κ3) is 8.21. The highest BCUT2D eigenvalue weighted by Gasteiger charge is 2.36. The minimum atomic E-state index is -0.512. The summed E-state index contributed by atoms with van der Waals surface area (Å²) in [7, 11) is 0. The van der Waals surface area contributed by atoms with Crippen LogP contribution in [0.2, 0.25) is 0 Å². The number of hydrogen-bond acceptors (Lipinski definition) is 5. The van der Waals surface area contributed by atoms with Crippen molar-refractivity contribution in [3.63, 3.8) is 0 Å². The molecular weight excluding hydrogens is 534 g/mol. The van der Waals surface area contributed by atoms with Crippen molar-refractivity contribution < 1.29 is 14.4 Å². The Morgan fingerprint density at radius 1 is 0.902 bits per heavy atom. The lowest BCUT2D eigenvalue weighted by molar-refractivity contribution is -0.903. The normalized spacial score (nSPS) is 13.1. The largest absolute Gasteiger partial charge is 0.507 e. The fourth-order valence-corrected chi connectivity index (χ4v) is 5.43. The lowest BCUT2D eigenvalue weighted by atomic mass is 9.78. The molecular formula is C34H43ClN3O3+. The number of unbranched alkanes of at least 4 members (excludes halogenated alkanes) is 2. The highest BCUT2D eigenvalue weighted by Crippen LogP contribution is 2.38. The van der Waals surface area contributed by atoms with E-state index in [1.54, 1.807) is 18.2 Å². The summed E-state index contributed by atoms with van der Waals surface area (Å²) in [6, 6.07) is 27.0. The van der Waals surface area contributed by atoms with Crippen LogP contribution in [-0.4, -0.2) is 30.5 Å². The van der Waals surface area contributed by atoms with E-state index in [4.69, 9.17) is 9.52 Å². The van der Waals surface area contributed by atoms with Crippen molar-refractivity contribution in [1.82, 2.24) is 0 Å². The summed E-state index contributed by atoms with van der Waals surface area (Å²) in [5.41, 5.74) is 6.09. The number of hydrazone groups is 1. The molecule has 4 aromatic rings. The Labute approximate surface area is 249 Å². The van der Waals surface area contributed by atoms with Gasteiger partial charge in [0.1, 0.15) is 11.3 Å². The number of aromatic hydroxyl groups is 1. The van der Waals surface area contributed by atoms with Crippen molar-refractivity contribution >= 4 is 34.8 Å². The van der Waals surface area contributed by atoms with Crippen LogP contribution in [0, 0.1) is 5.92 Å². The number of benzene rings is 3. The number of para-hydroxylation sites is 2. The molecule has 7 heteroatoms. The third-order valence-corrected chi connectivity index (χ3v) is 7.64. The van der Waals surface area contributed by atoms with Crippen molar-refractivity contribution in [2.75, 3.05) is 25.1 Å². The van der Waals surface area contributed by atoms with E-state index in [9.17, 15) is 9.90 Å². The van der Waals surface area contributed by atoms with Crippen LogP contribution in [0.1, 0.15) is 63.5 Å². The van der Waals surface area contributed by atoms with E-state index in [1.807, 2.05) is 73.7 Å². The second kappa shape index (κ2) is 16.0. The molecule has 0 aliphatic heterocycles. The molecule has 1 heterocycles. The molecule has 0 saturated heterocycles. The van der Waals surface area contributed by atoms with Crippen LogP contribution in [0.15, 0.2) is 99.2 Å². The Morgan fingerprint density at radius 2 is 1.49 bits per heavy atom. The summed E-state index contributed by atoms with van der Waals surface area (Å²) in [6.45, 7) is 9.33. The van der Waals surface area contributed by atoms with Gasteiger partial charge in [0, 0.05) is 11.6 Å². The van der Waals surface area contributed by atoms with Crippen LogP contribution in [0.5, 0.6) is 5.75 Å². The summed E-state index contributed by atoms with van der Waals surface area (Å²) in [6.07, 6.45) is 4.51. The molecule has 0 aliphatic rings. The summed E-state index contributed by atoms with van der Waals surface area (Å²) < 4.78 is 5.79. The molecule has 218 valence electrons. The first kappa shape index (κ1) is 31.9. The minimum absolute atomic E-state index is 0. The van der Waals surface area contributed by atoms with Crippen LogP contribution in [-0.2, 0) is 0 Å².